The molecule has 1 aliphatic carbocycles. The molecule has 0 spiro atoms. The Bertz CT molecular complexity index is 1200. The van der Waals surface area contributed by atoms with E-state index in [4.69, 9.17) is 15.2 Å². The van der Waals surface area contributed by atoms with Gasteiger partial charge in [-0.2, -0.15) is 0 Å². The summed E-state index contributed by atoms with van der Waals surface area (Å²) in [5.74, 6) is -3.64. The lowest BCUT2D eigenvalue weighted by Gasteiger charge is -2.23. The molecule has 1 fully saturated rings. The largest absolute Gasteiger partial charge is 0.490 e. The number of aromatic carboxylic acids is 2. The fourth-order valence-electron chi connectivity index (χ4n) is 4.08. The molecule has 1 aliphatic rings. The van der Waals surface area contributed by atoms with E-state index in [1.54, 1.807) is 6.92 Å². The quantitative estimate of drug-likeness (QED) is 0.312. The van der Waals surface area contributed by atoms with E-state index in [1.165, 1.54) is 12.1 Å². The zero-order valence-electron chi connectivity index (χ0n) is 19.0. The van der Waals surface area contributed by atoms with E-state index in [0.717, 1.165) is 32.1 Å². The highest BCUT2D eigenvalue weighted by molar-refractivity contribution is 9.10. The van der Waals surface area contributed by atoms with Gasteiger partial charge in [0.25, 0.3) is 11.5 Å². The van der Waals surface area contributed by atoms with E-state index >= 15 is 0 Å². The molecule has 0 bridgehead atoms. The minimum atomic E-state index is -1.63. The zero-order valence-corrected chi connectivity index (χ0v) is 20.6. The summed E-state index contributed by atoms with van der Waals surface area (Å²) in [6.45, 7) is 1.62. The lowest BCUT2D eigenvalue weighted by molar-refractivity contribution is -0.124. The van der Waals surface area contributed by atoms with Gasteiger partial charge in [0.15, 0.2) is 18.1 Å². The number of aromatic nitrogens is 1. The Morgan fingerprint density at radius 2 is 1.71 bits per heavy atom. The number of carboxylic acid groups (broad SMARTS) is 2. The van der Waals surface area contributed by atoms with Crippen LogP contribution in [-0.4, -0.2) is 52.3 Å². The number of rotatable bonds is 9. The summed E-state index contributed by atoms with van der Waals surface area (Å²) >= 11 is 3.30. The number of halogens is 1. The number of ether oxygens (including phenoxy) is 2. The molecule has 12 heteroatoms. The second-order valence-corrected chi connectivity index (χ2v) is 8.86. The van der Waals surface area contributed by atoms with Gasteiger partial charge in [-0.25, -0.2) is 9.59 Å². The van der Waals surface area contributed by atoms with Crippen molar-refractivity contribution in [3.63, 3.8) is 0 Å². The summed E-state index contributed by atoms with van der Waals surface area (Å²) in [4.78, 5) is 50.6. The van der Waals surface area contributed by atoms with Gasteiger partial charge < -0.3 is 35.7 Å². The smallest absolute Gasteiger partial charge is 0.342 e. The van der Waals surface area contributed by atoms with Crippen molar-refractivity contribution in [3.8, 4) is 22.6 Å². The van der Waals surface area contributed by atoms with Crippen LogP contribution < -0.4 is 26.1 Å². The molecular formula is C23H26BrN3O8. The van der Waals surface area contributed by atoms with Crippen molar-refractivity contribution in [2.45, 2.75) is 45.1 Å². The van der Waals surface area contributed by atoms with Crippen molar-refractivity contribution in [2.75, 3.05) is 18.9 Å². The fourth-order valence-corrected chi connectivity index (χ4v) is 4.60. The highest BCUT2D eigenvalue weighted by atomic mass is 79.9. The average molecular weight is 552 g/mol. The van der Waals surface area contributed by atoms with Gasteiger partial charge in [0.1, 0.15) is 16.9 Å². The summed E-state index contributed by atoms with van der Waals surface area (Å²) in [5.41, 5.74) is 2.95. The van der Waals surface area contributed by atoms with Crippen molar-refractivity contribution in [1.29, 1.82) is 0 Å². The van der Waals surface area contributed by atoms with Gasteiger partial charge in [0, 0.05) is 21.6 Å². The molecular weight excluding hydrogens is 526 g/mol. The Morgan fingerprint density at radius 3 is 2.31 bits per heavy atom. The van der Waals surface area contributed by atoms with Gasteiger partial charge >= 0.3 is 11.9 Å². The van der Waals surface area contributed by atoms with E-state index < -0.39 is 34.4 Å². The van der Waals surface area contributed by atoms with Crippen LogP contribution in [-0.2, 0) is 4.79 Å². The summed E-state index contributed by atoms with van der Waals surface area (Å²) in [6, 6.07) is 2.88. The topological polar surface area (TPSA) is 181 Å². The number of anilines is 1. The molecule has 1 heterocycles. The van der Waals surface area contributed by atoms with Gasteiger partial charge in [-0.1, -0.05) is 35.2 Å². The average Bonchev–Trinajstić information content (AvgIpc) is 2.78. The maximum absolute atomic E-state index is 12.4. The lowest BCUT2D eigenvalue weighted by atomic mass is 9.95. The monoisotopic (exact) mass is 551 g/mol. The van der Waals surface area contributed by atoms with Crippen LogP contribution in [0.4, 0.5) is 5.82 Å². The standard InChI is InChI=1S/C23H26BrN3O8/c1-2-34-14-8-12(17-18(22(30)31)20(25)27-21(29)19(17)23(32)33)13(24)9-15(14)35-10-16(28)26-11-6-4-3-5-7-11/h8-9,11H,2-7,10H2,1H3,(H,26,28)(H,30,31)(H,32,33)(H3,25,27,29). The van der Waals surface area contributed by atoms with E-state index in [-0.39, 0.29) is 52.3 Å². The first kappa shape index (κ1) is 26.1. The number of nitrogen functional groups attached to an aromatic ring is 1. The molecule has 0 aliphatic heterocycles. The second kappa shape index (κ2) is 11.3. The number of pyridine rings is 1. The fraction of sp³-hybridized carbons (Fsp3) is 0.391. The molecule has 0 saturated heterocycles. The van der Waals surface area contributed by atoms with Gasteiger partial charge in [-0.3, -0.25) is 9.59 Å². The van der Waals surface area contributed by atoms with Crippen molar-refractivity contribution < 1.29 is 34.1 Å². The molecule has 0 atom stereocenters. The highest BCUT2D eigenvalue weighted by Gasteiger charge is 2.29. The third-order valence-electron chi connectivity index (χ3n) is 5.60. The van der Waals surface area contributed by atoms with Gasteiger partial charge in [0.2, 0.25) is 0 Å². The number of hydrogen-bond acceptors (Lipinski definition) is 7. The van der Waals surface area contributed by atoms with Gasteiger partial charge in [-0.05, 0) is 31.9 Å². The first-order valence-electron chi connectivity index (χ1n) is 11.0. The summed E-state index contributed by atoms with van der Waals surface area (Å²) < 4.78 is 11.5. The number of carbonyl (C=O) groups is 3. The predicted molar refractivity (Wildman–Crippen MR) is 130 cm³/mol. The molecule has 188 valence electrons. The number of nitrogens with two attached hydrogens (primary N) is 1. The minimum absolute atomic E-state index is 0.0417. The molecule has 1 aromatic carbocycles. The number of amides is 1. The Hall–Kier alpha value is -3.54. The minimum Gasteiger partial charge on any atom is -0.490 e. The van der Waals surface area contributed by atoms with Crippen molar-refractivity contribution in [2.24, 2.45) is 0 Å². The van der Waals surface area contributed by atoms with Crippen LogP contribution in [0.2, 0.25) is 0 Å². The zero-order chi connectivity index (χ0) is 25.7. The van der Waals surface area contributed by atoms with Gasteiger partial charge in [0.05, 0.1) is 6.61 Å². The SMILES string of the molecule is CCOc1cc(-c2c(C(=O)O)c(N)[nH]c(=O)c2C(=O)O)c(Br)cc1OCC(=O)NC1CCCCC1. The Kier molecular flexibility index (Phi) is 8.39. The summed E-state index contributed by atoms with van der Waals surface area (Å²) in [5, 5.41) is 22.3. The van der Waals surface area contributed by atoms with Crippen LogP contribution in [0.1, 0.15) is 59.7 Å². The molecule has 1 aromatic heterocycles. The van der Waals surface area contributed by atoms with E-state index in [0.29, 0.717) is 0 Å². The molecule has 1 saturated carbocycles. The number of carbonyl (C=O) groups excluding carboxylic acids is 1. The maximum Gasteiger partial charge on any atom is 0.342 e. The lowest BCUT2D eigenvalue weighted by Crippen LogP contribution is -2.39. The maximum atomic E-state index is 12.4. The normalized spacial score (nSPS) is 13.8. The molecule has 1 amide bonds. The Morgan fingerprint density at radius 1 is 1.09 bits per heavy atom. The molecule has 2 aromatic rings. The van der Waals surface area contributed by atoms with Crippen LogP contribution in [0.5, 0.6) is 11.5 Å². The third kappa shape index (κ3) is 5.94. The van der Waals surface area contributed by atoms with E-state index in [2.05, 4.69) is 26.2 Å². The third-order valence-corrected chi connectivity index (χ3v) is 6.26. The van der Waals surface area contributed by atoms with Crippen LogP contribution in [0.25, 0.3) is 11.1 Å². The predicted octanol–water partition coefficient (Wildman–Crippen LogP) is 3.01. The summed E-state index contributed by atoms with van der Waals surface area (Å²) in [7, 11) is 0. The molecule has 0 radical (unpaired) electrons. The molecule has 0 unspecified atom stereocenters. The number of benzene rings is 1. The molecule has 35 heavy (non-hydrogen) atoms. The molecule has 11 nitrogen and oxygen atoms in total. The van der Waals surface area contributed by atoms with Crippen LogP contribution in [0, 0.1) is 0 Å². The van der Waals surface area contributed by atoms with Crippen LogP contribution in [0.3, 0.4) is 0 Å². The number of carboxylic acids is 2. The van der Waals surface area contributed by atoms with Crippen molar-refractivity contribution in [1.82, 2.24) is 10.3 Å². The number of H-pyrrole nitrogens is 1. The Balaban J connectivity index is 2.01. The first-order chi connectivity index (χ1) is 16.6. The van der Waals surface area contributed by atoms with Crippen molar-refractivity contribution >= 4 is 39.6 Å². The van der Waals surface area contributed by atoms with Crippen LogP contribution in [0.15, 0.2) is 21.4 Å². The molecule has 3 rings (SSSR count). The first-order valence-corrected chi connectivity index (χ1v) is 11.8. The summed E-state index contributed by atoms with van der Waals surface area (Å²) in [6.07, 6.45) is 5.14. The molecule has 6 N–H and O–H groups in total. The van der Waals surface area contributed by atoms with Gasteiger partial charge in [-0.15, -0.1) is 0 Å². The number of aromatic amines is 1. The van der Waals surface area contributed by atoms with Crippen LogP contribution >= 0.6 is 15.9 Å². The Labute approximate surface area is 208 Å². The number of hydrogen-bond donors (Lipinski definition) is 5. The van der Waals surface area contributed by atoms with E-state index in [1.807, 2.05) is 0 Å². The second-order valence-electron chi connectivity index (χ2n) is 8.01. The number of nitrogens with one attached hydrogen (secondary N) is 2. The van der Waals surface area contributed by atoms with E-state index in [9.17, 15) is 29.4 Å². The highest BCUT2D eigenvalue weighted by Crippen LogP contribution is 2.41. The van der Waals surface area contributed by atoms with Crippen molar-refractivity contribution in [3.05, 3.63) is 38.1 Å².